The maximum Gasteiger partial charge on any atom is -0.00259 e. The van der Waals surface area contributed by atoms with E-state index in [4.69, 9.17) is 0 Å². The van der Waals surface area contributed by atoms with E-state index in [1.807, 2.05) is 0 Å². The van der Waals surface area contributed by atoms with Crippen molar-refractivity contribution >= 4 is 70.7 Å². The predicted octanol–water partition coefficient (Wildman–Crippen LogP) is 19.5. The van der Waals surface area contributed by atoms with E-state index in [1.165, 1.54) is 131 Å². The zero-order valence-electron chi connectivity index (χ0n) is 38.2. The van der Waals surface area contributed by atoms with Crippen LogP contribution < -0.4 is 0 Å². The zero-order valence-corrected chi connectivity index (χ0v) is 38.2. The molecule has 0 saturated heterocycles. The summed E-state index contributed by atoms with van der Waals surface area (Å²) in [4.78, 5) is 0. The van der Waals surface area contributed by atoms with Crippen LogP contribution in [0, 0.1) is 0 Å². The third kappa shape index (κ3) is 7.19. The molecule has 0 spiro atoms. The lowest BCUT2D eigenvalue weighted by atomic mass is 9.84. The number of rotatable bonds is 8. The van der Waals surface area contributed by atoms with E-state index in [0.29, 0.717) is 0 Å². The second-order valence-corrected chi connectivity index (χ2v) is 17.8. The minimum atomic E-state index is 1.18. The van der Waals surface area contributed by atoms with Crippen molar-refractivity contribution in [3.63, 3.8) is 0 Å². The van der Waals surface area contributed by atoms with E-state index in [9.17, 15) is 0 Å². The van der Waals surface area contributed by atoms with Gasteiger partial charge in [0, 0.05) is 0 Å². The van der Waals surface area contributed by atoms with E-state index in [0.717, 1.165) is 0 Å². The van der Waals surface area contributed by atoms with Gasteiger partial charge in [0.25, 0.3) is 0 Å². The first-order chi connectivity index (χ1) is 33.6. The molecular weight excluding hydrogens is 817 g/mol. The molecular formula is C68H48. The summed E-state index contributed by atoms with van der Waals surface area (Å²) < 4.78 is 0. The van der Waals surface area contributed by atoms with Gasteiger partial charge < -0.3 is 0 Å². The molecule has 12 aromatic rings. The Balaban J connectivity index is 1.00. The van der Waals surface area contributed by atoms with Gasteiger partial charge in [0.2, 0.25) is 0 Å². The molecule has 0 heterocycles. The van der Waals surface area contributed by atoms with E-state index >= 15 is 0 Å². The molecule has 0 saturated carbocycles. The maximum atomic E-state index is 2.44. The number of allylic oxidation sites excluding steroid dienone is 5. The molecule has 0 aliphatic carbocycles. The Bertz CT molecular complexity index is 3950. The number of hydrogen-bond donors (Lipinski definition) is 0. The van der Waals surface area contributed by atoms with Gasteiger partial charge in [-0.3, -0.25) is 0 Å². The Kier molecular flexibility index (Phi) is 10.4. The fourth-order valence-electron chi connectivity index (χ4n) is 10.6. The number of benzene rings is 12. The molecule has 0 aromatic heterocycles. The molecule has 320 valence electrons. The van der Waals surface area contributed by atoms with E-state index in [2.05, 4.69) is 269 Å². The van der Waals surface area contributed by atoms with Crippen LogP contribution in [0.5, 0.6) is 0 Å². The van der Waals surface area contributed by atoms with Crippen LogP contribution in [0.2, 0.25) is 0 Å². The highest BCUT2D eigenvalue weighted by atomic mass is 14.2. The maximum absolute atomic E-state index is 2.44. The second-order valence-electron chi connectivity index (χ2n) is 17.8. The third-order valence-corrected chi connectivity index (χ3v) is 13.9. The summed E-state index contributed by atoms with van der Waals surface area (Å²) >= 11 is 0. The lowest BCUT2D eigenvalue weighted by Gasteiger charge is -2.19. The lowest BCUT2D eigenvalue weighted by molar-refractivity contribution is 1.57. The Morgan fingerprint density at radius 3 is 1.12 bits per heavy atom. The lowest BCUT2D eigenvalue weighted by Crippen LogP contribution is -1.92. The average molecular weight is 865 g/mol. The molecule has 0 fully saturated rings. The van der Waals surface area contributed by atoms with Crippen LogP contribution in [-0.4, -0.2) is 0 Å². The largest absolute Gasteiger partial charge is 0.0871 e. The Labute approximate surface area is 398 Å². The van der Waals surface area contributed by atoms with Crippen molar-refractivity contribution in [1.29, 1.82) is 0 Å². The van der Waals surface area contributed by atoms with Gasteiger partial charge in [0.05, 0.1) is 0 Å². The summed E-state index contributed by atoms with van der Waals surface area (Å²) in [6.45, 7) is 4.13. The van der Waals surface area contributed by atoms with Gasteiger partial charge in [-0.25, -0.2) is 0 Å². The molecule has 0 amide bonds. The summed E-state index contributed by atoms with van der Waals surface area (Å²) in [5.74, 6) is 0. The Morgan fingerprint density at radius 1 is 0.279 bits per heavy atom. The first-order valence-electron chi connectivity index (χ1n) is 23.7. The standard InChI is InChI=1S/C68H48/c1-3-15-45(4-2)26-27-46-28-30-50(31-29-46)65-57-20-9-11-22-59(57)66(60-23-12-10-21-58(60)65)51-36-32-49(33-37-51)54-40-41-63-64(44-54)68(56-39-35-48-17-6-8-19-53(48)43-56)62-25-14-13-24-61(62)67(63)55-38-34-47-16-5-7-18-52(47)42-55/h3-44H,1-2H3/b15-3-,27-26+,45-4+. The summed E-state index contributed by atoms with van der Waals surface area (Å²) in [6.07, 6.45) is 10.7. The highest BCUT2D eigenvalue weighted by Crippen LogP contribution is 2.47. The van der Waals surface area contributed by atoms with Crippen LogP contribution in [0.15, 0.2) is 254 Å². The fraction of sp³-hybridized carbons (Fsp3) is 0.0294. The summed E-state index contributed by atoms with van der Waals surface area (Å²) in [5, 5.41) is 15.0. The molecule has 0 unspecified atom stereocenters. The molecule has 0 bridgehead atoms. The Morgan fingerprint density at radius 2 is 0.647 bits per heavy atom. The van der Waals surface area contributed by atoms with Gasteiger partial charge in [0.15, 0.2) is 0 Å². The quantitative estimate of drug-likeness (QED) is 0.105. The van der Waals surface area contributed by atoms with Crippen molar-refractivity contribution in [3.05, 3.63) is 260 Å². The van der Waals surface area contributed by atoms with Crippen molar-refractivity contribution in [2.75, 3.05) is 0 Å². The van der Waals surface area contributed by atoms with Crippen LogP contribution in [0.25, 0.3) is 126 Å². The first kappa shape index (κ1) is 40.9. The SMILES string of the molecule is C\C=C/C(/C=C/c1ccc(-c2c3ccccc3c(-c3ccc(-c4ccc5c(-c6ccc7ccccc7c6)c6ccccc6c(-c6ccc7ccccc7c6)c5c4)cc3)c3ccccc23)cc1)=C\C. The highest BCUT2D eigenvalue weighted by molar-refractivity contribution is 6.23. The fourth-order valence-corrected chi connectivity index (χ4v) is 10.6. The smallest absolute Gasteiger partial charge is 0.00259 e. The molecule has 0 radical (unpaired) electrons. The van der Waals surface area contributed by atoms with Gasteiger partial charge >= 0.3 is 0 Å². The minimum absolute atomic E-state index is 1.18. The molecule has 68 heavy (non-hydrogen) atoms. The highest BCUT2D eigenvalue weighted by Gasteiger charge is 2.20. The van der Waals surface area contributed by atoms with Crippen LogP contribution in [-0.2, 0) is 0 Å². The van der Waals surface area contributed by atoms with Crippen LogP contribution in [0.1, 0.15) is 19.4 Å². The van der Waals surface area contributed by atoms with Crippen molar-refractivity contribution in [2.24, 2.45) is 0 Å². The van der Waals surface area contributed by atoms with Gasteiger partial charge in [-0.15, -0.1) is 0 Å². The molecule has 0 aliphatic heterocycles. The molecule has 0 aliphatic rings. The number of fused-ring (bicyclic) bond motifs is 6. The van der Waals surface area contributed by atoms with Crippen molar-refractivity contribution in [2.45, 2.75) is 13.8 Å². The third-order valence-electron chi connectivity index (χ3n) is 13.9. The molecule has 0 atom stereocenters. The average Bonchev–Trinajstić information content (AvgIpc) is 3.40. The van der Waals surface area contributed by atoms with Crippen LogP contribution in [0.4, 0.5) is 0 Å². The molecule has 0 heteroatoms. The van der Waals surface area contributed by atoms with Crippen molar-refractivity contribution in [3.8, 4) is 55.6 Å². The minimum Gasteiger partial charge on any atom is -0.0871 e. The van der Waals surface area contributed by atoms with Gasteiger partial charge in [-0.2, -0.15) is 0 Å². The van der Waals surface area contributed by atoms with E-state index < -0.39 is 0 Å². The second kappa shape index (κ2) is 17.3. The predicted molar refractivity (Wildman–Crippen MR) is 296 cm³/mol. The summed E-state index contributed by atoms with van der Waals surface area (Å²) in [6, 6.07) is 83.5. The summed E-state index contributed by atoms with van der Waals surface area (Å²) in [7, 11) is 0. The monoisotopic (exact) mass is 864 g/mol. The molecule has 0 N–H and O–H groups in total. The van der Waals surface area contributed by atoms with Gasteiger partial charge in [-0.1, -0.05) is 237 Å². The first-order valence-corrected chi connectivity index (χ1v) is 23.7. The zero-order chi connectivity index (χ0) is 45.6. The van der Waals surface area contributed by atoms with Crippen LogP contribution in [0.3, 0.4) is 0 Å². The van der Waals surface area contributed by atoms with Crippen molar-refractivity contribution < 1.29 is 0 Å². The van der Waals surface area contributed by atoms with Crippen LogP contribution >= 0.6 is 0 Å². The number of hydrogen-bond acceptors (Lipinski definition) is 0. The van der Waals surface area contributed by atoms with E-state index in [1.54, 1.807) is 0 Å². The van der Waals surface area contributed by atoms with Gasteiger partial charge in [-0.05, 0) is 163 Å². The topological polar surface area (TPSA) is 0 Å². The van der Waals surface area contributed by atoms with Gasteiger partial charge in [0.1, 0.15) is 0 Å². The molecule has 0 nitrogen and oxygen atoms in total. The van der Waals surface area contributed by atoms with E-state index in [-0.39, 0.29) is 0 Å². The Hall–Kier alpha value is -8.58. The molecule has 12 rings (SSSR count). The normalized spacial score (nSPS) is 12.2. The molecule has 12 aromatic carbocycles. The summed E-state index contributed by atoms with van der Waals surface area (Å²) in [5.41, 5.74) is 14.7. The van der Waals surface area contributed by atoms with Crippen molar-refractivity contribution in [1.82, 2.24) is 0 Å².